The molecule has 31 heavy (non-hydrogen) atoms. The van der Waals surface area contributed by atoms with Crippen molar-refractivity contribution >= 4 is 35.3 Å². The van der Waals surface area contributed by atoms with E-state index < -0.39 is 0 Å². The second-order valence-corrected chi connectivity index (χ2v) is 9.00. The molecule has 0 heterocycles. The molecule has 3 aromatic carbocycles. The fourth-order valence-corrected chi connectivity index (χ4v) is 3.28. The maximum atomic E-state index is 12.4. The van der Waals surface area contributed by atoms with E-state index in [1.54, 1.807) is 30.3 Å². The van der Waals surface area contributed by atoms with Crippen LogP contribution in [-0.2, 0) is 12.0 Å². The zero-order valence-electron chi connectivity index (χ0n) is 17.7. The van der Waals surface area contributed by atoms with Crippen LogP contribution in [0.15, 0.2) is 71.8 Å². The molecule has 0 atom stereocenters. The number of rotatable bonds is 6. The zero-order chi connectivity index (χ0) is 22.4. The van der Waals surface area contributed by atoms with Gasteiger partial charge in [-0.25, -0.2) is 5.43 Å². The summed E-state index contributed by atoms with van der Waals surface area (Å²) >= 11 is 12.1. The minimum atomic E-state index is -0.292. The van der Waals surface area contributed by atoms with Gasteiger partial charge in [0.1, 0.15) is 12.4 Å². The van der Waals surface area contributed by atoms with Gasteiger partial charge in [0.2, 0.25) is 0 Å². The van der Waals surface area contributed by atoms with Crippen LogP contribution < -0.4 is 10.2 Å². The Hall–Kier alpha value is -2.82. The monoisotopic (exact) mass is 454 g/mol. The lowest BCUT2D eigenvalue weighted by Gasteiger charge is -2.18. The summed E-state index contributed by atoms with van der Waals surface area (Å²) in [6.07, 6.45) is 1.51. The second-order valence-electron chi connectivity index (χ2n) is 8.13. The van der Waals surface area contributed by atoms with Crippen LogP contribution in [0.3, 0.4) is 0 Å². The molecule has 0 aliphatic heterocycles. The molecular formula is C25H24Cl2N2O2. The number of amides is 1. The van der Waals surface area contributed by atoms with Crippen molar-refractivity contribution in [2.75, 3.05) is 0 Å². The van der Waals surface area contributed by atoms with Gasteiger partial charge in [-0.15, -0.1) is 0 Å². The summed E-state index contributed by atoms with van der Waals surface area (Å²) in [4.78, 5) is 12.4. The van der Waals surface area contributed by atoms with E-state index in [4.69, 9.17) is 27.9 Å². The van der Waals surface area contributed by atoms with Crippen LogP contribution >= 0.6 is 23.2 Å². The number of carbonyl (C=O) groups excluding carboxylic acids is 1. The Labute approximate surface area is 192 Å². The molecule has 0 radical (unpaired) electrons. The van der Waals surface area contributed by atoms with E-state index in [0.29, 0.717) is 33.5 Å². The van der Waals surface area contributed by atoms with Crippen molar-refractivity contribution in [2.45, 2.75) is 32.8 Å². The molecule has 3 rings (SSSR count). The van der Waals surface area contributed by atoms with Gasteiger partial charge in [0.15, 0.2) is 0 Å². The summed E-state index contributed by atoms with van der Waals surface area (Å²) < 4.78 is 5.90. The lowest BCUT2D eigenvalue weighted by molar-refractivity contribution is 0.0955. The Morgan fingerprint density at radius 2 is 1.71 bits per heavy atom. The summed E-state index contributed by atoms with van der Waals surface area (Å²) in [5.41, 5.74) is 5.87. The second kappa shape index (κ2) is 9.99. The fraction of sp³-hybridized carbons (Fsp3) is 0.200. The largest absolute Gasteiger partial charge is 0.488 e. The Morgan fingerprint density at radius 1 is 1.00 bits per heavy atom. The van der Waals surface area contributed by atoms with Gasteiger partial charge in [-0.2, -0.15) is 5.10 Å². The minimum Gasteiger partial charge on any atom is -0.488 e. The normalized spacial score (nSPS) is 11.5. The van der Waals surface area contributed by atoms with E-state index in [1.807, 2.05) is 36.4 Å². The molecular weight excluding hydrogens is 431 g/mol. The molecule has 3 aromatic rings. The minimum absolute atomic E-state index is 0.0290. The number of hydrazone groups is 1. The molecule has 1 N–H and O–H groups in total. The molecule has 0 aliphatic rings. The quantitative estimate of drug-likeness (QED) is 0.335. The summed E-state index contributed by atoms with van der Waals surface area (Å²) in [6.45, 7) is 6.73. The van der Waals surface area contributed by atoms with Gasteiger partial charge in [0.25, 0.3) is 5.91 Å². The summed E-state index contributed by atoms with van der Waals surface area (Å²) in [7, 11) is 0. The van der Waals surface area contributed by atoms with E-state index in [-0.39, 0.29) is 11.3 Å². The molecule has 0 saturated carbocycles. The third kappa shape index (κ3) is 6.58. The highest BCUT2D eigenvalue weighted by Crippen LogP contribution is 2.24. The Morgan fingerprint density at radius 3 is 2.39 bits per heavy atom. The van der Waals surface area contributed by atoms with Crippen molar-refractivity contribution in [3.8, 4) is 5.75 Å². The van der Waals surface area contributed by atoms with E-state index >= 15 is 0 Å². The summed E-state index contributed by atoms with van der Waals surface area (Å²) in [5, 5.41) is 5.27. The predicted molar refractivity (Wildman–Crippen MR) is 127 cm³/mol. The van der Waals surface area contributed by atoms with Crippen LogP contribution in [0.2, 0.25) is 10.0 Å². The third-order valence-electron chi connectivity index (χ3n) is 4.64. The molecule has 0 fully saturated rings. The van der Waals surface area contributed by atoms with E-state index in [9.17, 15) is 4.79 Å². The molecule has 0 bridgehead atoms. The average molecular weight is 455 g/mol. The number of nitrogens with one attached hydrogen (secondary N) is 1. The molecule has 4 nitrogen and oxygen atoms in total. The number of hydrogen-bond donors (Lipinski definition) is 1. The number of nitrogens with zero attached hydrogens (tertiary/aromatic N) is 1. The first-order valence-electron chi connectivity index (χ1n) is 9.83. The molecule has 0 unspecified atom stereocenters. The fourth-order valence-electron chi connectivity index (χ4n) is 2.89. The molecule has 6 heteroatoms. The van der Waals surface area contributed by atoms with Crippen LogP contribution in [0, 0.1) is 0 Å². The first kappa shape index (κ1) is 22.9. The first-order chi connectivity index (χ1) is 14.7. The summed E-state index contributed by atoms with van der Waals surface area (Å²) in [5.74, 6) is 0.303. The molecule has 0 spiro atoms. The van der Waals surface area contributed by atoms with Crippen molar-refractivity contribution in [1.82, 2.24) is 5.43 Å². The average Bonchev–Trinajstić information content (AvgIpc) is 2.72. The van der Waals surface area contributed by atoms with Gasteiger partial charge in [-0.05, 0) is 59.0 Å². The van der Waals surface area contributed by atoms with E-state index in [0.717, 1.165) is 11.1 Å². The predicted octanol–water partition coefficient (Wildman–Crippen LogP) is 6.63. The van der Waals surface area contributed by atoms with Gasteiger partial charge in [-0.3, -0.25) is 4.79 Å². The van der Waals surface area contributed by atoms with Gasteiger partial charge in [0, 0.05) is 21.2 Å². The van der Waals surface area contributed by atoms with Crippen molar-refractivity contribution in [3.05, 3.63) is 99.0 Å². The van der Waals surface area contributed by atoms with Crippen molar-refractivity contribution < 1.29 is 9.53 Å². The molecule has 0 saturated heterocycles. The Kier molecular flexibility index (Phi) is 7.37. The van der Waals surface area contributed by atoms with Gasteiger partial charge >= 0.3 is 0 Å². The topological polar surface area (TPSA) is 50.7 Å². The molecule has 0 aliphatic carbocycles. The number of carbonyl (C=O) groups is 1. The zero-order valence-corrected chi connectivity index (χ0v) is 19.2. The number of hydrogen-bond acceptors (Lipinski definition) is 3. The third-order valence-corrected chi connectivity index (χ3v) is 5.11. The van der Waals surface area contributed by atoms with Gasteiger partial charge < -0.3 is 4.74 Å². The molecule has 160 valence electrons. The van der Waals surface area contributed by atoms with Crippen LogP contribution in [0.5, 0.6) is 5.75 Å². The highest BCUT2D eigenvalue weighted by atomic mass is 35.5. The number of benzene rings is 3. The highest BCUT2D eigenvalue weighted by molar-refractivity contribution is 6.31. The van der Waals surface area contributed by atoms with Crippen molar-refractivity contribution in [2.24, 2.45) is 5.10 Å². The smallest absolute Gasteiger partial charge is 0.271 e. The maximum Gasteiger partial charge on any atom is 0.271 e. The van der Waals surface area contributed by atoms with Crippen molar-refractivity contribution in [1.29, 1.82) is 0 Å². The van der Waals surface area contributed by atoms with Gasteiger partial charge in [0.05, 0.1) is 6.21 Å². The number of ether oxygens (including phenoxy) is 1. The first-order valence-corrected chi connectivity index (χ1v) is 10.6. The molecule has 1 amide bonds. The highest BCUT2D eigenvalue weighted by Gasteiger charge is 2.14. The lowest BCUT2D eigenvalue weighted by Crippen LogP contribution is -2.18. The molecule has 0 aromatic heterocycles. The van der Waals surface area contributed by atoms with E-state index in [2.05, 4.69) is 31.3 Å². The maximum absolute atomic E-state index is 12.4. The van der Waals surface area contributed by atoms with Gasteiger partial charge in [-0.1, -0.05) is 68.2 Å². The Bertz CT molecular complexity index is 1090. The van der Waals surface area contributed by atoms with Crippen LogP contribution in [0.25, 0.3) is 0 Å². The summed E-state index contributed by atoms with van der Waals surface area (Å²) in [6, 6.07) is 20.2. The van der Waals surface area contributed by atoms with Crippen LogP contribution in [0.4, 0.5) is 0 Å². The van der Waals surface area contributed by atoms with E-state index in [1.165, 1.54) is 6.21 Å². The standard InChI is InChI=1S/C25H24Cl2N2O2/c1-25(2,3)20-9-7-18(8-10-20)24(30)29-28-15-19-14-22(27)11-12-23(19)31-16-17-5-4-6-21(26)13-17/h4-15H,16H2,1-3H3,(H,29,30)/b28-15-. The van der Waals surface area contributed by atoms with Crippen LogP contribution in [-0.4, -0.2) is 12.1 Å². The SMILES string of the molecule is CC(C)(C)c1ccc(C(=O)N/N=C\c2cc(Cl)ccc2OCc2cccc(Cl)c2)cc1. The Balaban J connectivity index is 1.67. The van der Waals surface area contributed by atoms with Crippen molar-refractivity contribution in [3.63, 3.8) is 0 Å². The number of halogens is 2. The van der Waals surface area contributed by atoms with Crippen LogP contribution in [0.1, 0.15) is 47.8 Å². The lowest BCUT2D eigenvalue weighted by atomic mass is 9.87.